The van der Waals surface area contributed by atoms with Gasteiger partial charge in [0.2, 0.25) is 0 Å². The van der Waals surface area contributed by atoms with Gasteiger partial charge >= 0.3 is 0 Å². The zero-order chi connectivity index (χ0) is 25.0. The maximum atomic E-state index is 12.6. The predicted molar refractivity (Wildman–Crippen MR) is 130 cm³/mol. The molecule has 0 radical (unpaired) electrons. The topological polar surface area (TPSA) is 108 Å². The van der Waals surface area contributed by atoms with Gasteiger partial charge < -0.3 is 18.9 Å². The molecule has 0 aliphatic heterocycles. The summed E-state index contributed by atoms with van der Waals surface area (Å²) in [7, 11) is 1.50. The van der Waals surface area contributed by atoms with Gasteiger partial charge in [-0.1, -0.05) is 13.0 Å². The van der Waals surface area contributed by atoms with Crippen molar-refractivity contribution >= 4 is 11.8 Å². The van der Waals surface area contributed by atoms with Crippen LogP contribution in [-0.2, 0) is 6.61 Å². The molecule has 2 aromatic carbocycles. The molecule has 0 aliphatic rings. The van der Waals surface area contributed by atoms with Crippen molar-refractivity contribution in [3.63, 3.8) is 0 Å². The van der Waals surface area contributed by atoms with E-state index in [1.165, 1.54) is 7.11 Å². The molecule has 0 aliphatic carbocycles. The molecule has 3 rings (SSSR count). The van der Waals surface area contributed by atoms with Gasteiger partial charge in [0.25, 0.3) is 11.8 Å². The minimum Gasteiger partial charge on any atom is -0.493 e. The molecule has 2 amide bonds. The Hall–Kier alpha value is -4.27. The molecule has 184 valence electrons. The molecule has 0 saturated carbocycles. The Balaban J connectivity index is 1.63. The quantitative estimate of drug-likeness (QED) is 0.401. The summed E-state index contributed by atoms with van der Waals surface area (Å²) in [6, 6.07) is 13.3. The van der Waals surface area contributed by atoms with Gasteiger partial charge in [0.05, 0.1) is 20.3 Å². The van der Waals surface area contributed by atoms with Crippen LogP contribution < -0.4 is 29.8 Å². The number of aromatic nitrogens is 1. The van der Waals surface area contributed by atoms with E-state index in [1.54, 1.807) is 48.8 Å². The molecule has 9 nitrogen and oxygen atoms in total. The van der Waals surface area contributed by atoms with Crippen LogP contribution in [0.3, 0.4) is 0 Å². The summed E-state index contributed by atoms with van der Waals surface area (Å²) in [5.74, 6) is 0.884. The molecule has 0 unspecified atom stereocenters. The number of amides is 2. The van der Waals surface area contributed by atoms with Gasteiger partial charge in [0.15, 0.2) is 23.0 Å². The van der Waals surface area contributed by atoms with Gasteiger partial charge in [0.1, 0.15) is 6.61 Å². The number of nitrogens with one attached hydrogen (secondary N) is 2. The fourth-order valence-corrected chi connectivity index (χ4v) is 3.08. The number of hydrogen-bond donors (Lipinski definition) is 2. The third kappa shape index (κ3) is 7.10. The number of pyridine rings is 1. The Labute approximate surface area is 204 Å². The van der Waals surface area contributed by atoms with E-state index in [0.717, 1.165) is 12.0 Å². The van der Waals surface area contributed by atoms with Gasteiger partial charge in [-0.3, -0.25) is 25.4 Å². The van der Waals surface area contributed by atoms with Crippen LogP contribution in [0, 0.1) is 0 Å². The summed E-state index contributed by atoms with van der Waals surface area (Å²) in [5.41, 5.74) is 6.33. The van der Waals surface area contributed by atoms with E-state index in [4.69, 9.17) is 18.9 Å². The number of carbonyl (C=O) groups is 2. The summed E-state index contributed by atoms with van der Waals surface area (Å²) in [6.07, 6.45) is 4.25. The average molecular weight is 480 g/mol. The normalized spacial score (nSPS) is 10.3. The van der Waals surface area contributed by atoms with Gasteiger partial charge in [-0.05, 0) is 55.8 Å². The van der Waals surface area contributed by atoms with E-state index in [0.29, 0.717) is 53.9 Å². The summed E-state index contributed by atoms with van der Waals surface area (Å²) in [6.45, 7) is 5.07. The lowest BCUT2D eigenvalue weighted by molar-refractivity contribution is 0.0846. The Morgan fingerprint density at radius 3 is 2.06 bits per heavy atom. The van der Waals surface area contributed by atoms with E-state index in [1.807, 2.05) is 26.0 Å². The van der Waals surface area contributed by atoms with E-state index in [2.05, 4.69) is 15.8 Å². The Kier molecular flexibility index (Phi) is 9.30. The molecule has 2 N–H and O–H groups in total. The van der Waals surface area contributed by atoms with Crippen molar-refractivity contribution in [3.8, 4) is 23.0 Å². The number of rotatable bonds is 11. The minimum absolute atomic E-state index is 0.295. The number of hydrazine groups is 1. The second kappa shape index (κ2) is 12.8. The molecule has 3 aromatic rings. The van der Waals surface area contributed by atoms with Crippen molar-refractivity contribution in [1.82, 2.24) is 15.8 Å². The fourth-order valence-electron chi connectivity index (χ4n) is 3.08. The zero-order valence-electron chi connectivity index (χ0n) is 20.0. The van der Waals surface area contributed by atoms with Crippen molar-refractivity contribution in [2.75, 3.05) is 20.3 Å². The van der Waals surface area contributed by atoms with Crippen LogP contribution >= 0.6 is 0 Å². The van der Waals surface area contributed by atoms with E-state index >= 15 is 0 Å². The van der Waals surface area contributed by atoms with Crippen molar-refractivity contribution in [3.05, 3.63) is 77.6 Å². The molecular formula is C26H29N3O6. The number of hydrogen-bond acceptors (Lipinski definition) is 7. The van der Waals surface area contributed by atoms with Crippen LogP contribution in [0.15, 0.2) is 60.9 Å². The Morgan fingerprint density at radius 1 is 0.829 bits per heavy atom. The van der Waals surface area contributed by atoms with Crippen molar-refractivity contribution in [1.29, 1.82) is 0 Å². The van der Waals surface area contributed by atoms with E-state index in [-0.39, 0.29) is 0 Å². The number of benzene rings is 2. The summed E-state index contributed by atoms with van der Waals surface area (Å²) < 4.78 is 22.4. The Bertz CT molecular complexity index is 1140. The van der Waals surface area contributed by atoms with Crippen LogP contribution in [-0.4, -0.2) is 37.1 Å². The molecule has 0 atom stereocenters. The standard InChI is InChI=1S/C26H29N3O6/c1-4-13-34-21-10-8-19(14-23(21)32-3)25(30)28-29-26(31)20-9-11-22(24(15-20)33-5-2)35-17-18-7-6-12-27-16-18/h6-12,14-16H,4-5,13,17H2,1-3H3,(H,28,30)(H,29,31). The summed E-state index contributed by atoms with van der Waals surface area (Å²) in [4.78, 5) is 29.3. The van der Waals surface area contributed by atoms with E-state index < -0.39 is 11.8 Å². The monoisotopic (exact) mass is 479 g/mol. The first kappa shape index (κ1) is 25.4. The van der Waals surface area contributed by atoms with Crippen molar-refractivity contribution in [2.24, 2.45) is 0 Å². The van der Waals surface area contributed by atoms with Gasteiger partial charge in [0, 0.05) is 29.1 Å². The highest BCUT2D eigenvalue weighted by molar-refractivity contribution is 5.99. The first-order valence-electron chi connectivity index (χ1n) is 11.3. The first-order chi connectivity index (χ1) is 17.0. The summed E-state index contributed by atoms with van der Waals surface area (Å²) in [5, 5.41) is 0. The lowest BCUT2D eigenvalue weighted by Gasteiger charge is -2.14. The molecule has 1 aromatic heterocycles. The second-order valence-electron chi connectivity index (χ2n) is 7.37. The third-order valence-electron chi connectivity index (χ3n) is 4.80. The molecule has 1 heterocycles. The van der Waals surface area contributed by atoms with Crippen LogP contribution in [0.4, 0.5) is 0 Å². The predicted octanol–water partition coefficient (Wildman–Crippen LogP) is 3.93. The lowest BCUT2D eigenvalue weighted by atomic mass is 10.2. The third-order valence-corrected chi connectivity index (χ3v) is 4.80. The van der Waals surface area contributed by atoms with Crippen molar-refractivity contribution < 1.29 is 28.5 Å². The summed E-state index contributed by atoms with van der Waals surface area (Å²) >= 11 is 0. The molecule has 35 heavy (non-hydrogen) atoms. The fraction of sp³-hybridized carbons (Fsp3) is 0.269. The molecule has 0 saturated heterocycles. The molecule has 9 heteroatoms. The smallest absolute Gasteiger partial charge is 0.269 e. The number of nitrogens with zero attached hydrogens (tertiary/aromatic N) is 1. The van der Waals surface area contributed by atoms with Gasteiger partial charge in [-0.2, -0.15) is 0 Å². The largest absolute Gasteiger partial charge is 0.493 e. The van der Waals surface area contributed by atoms with Crippen LogP contribution in [0.1, 0.15) is 46.5 Å². The van der Waals surface area contributed by atoms with Crippen LogP contribution in [0.25, 0.3) is 0 Å². The highest BCUT2D eigenvalue weighted by atomic mass is 16.5. The molecular weight excluding hydrogens is 450 g/mol. The highest BCUT2D eigenvalue weighted by Crippen LogP contribution is 2.30. The molecule has 0 spiro atoms. The highest BCUT2D eigenvalue weighted by Gasteiger charge is 2.15. The maximum Gasteiger partial charge on any atom is 0.269 e. The van der Waals surface area contributed by atoms with Gasteiger partial charge in [-0.15, -0.1) is 0 Å². The van der Waals surface area contributed by atoms with Crippen molar-refractivity contribution in [2.45, 2.75) is 26.9 Å². The number of carbonyl (C=O) groups excluding carboxylic acids is 2. The molecule has 0 bridgehead atoms. The van der Waals surface area contributed by atoms with Crippen LogP contribution in [0.5, 0.6) is 23.0 Å². The number of ether oxygens (including phenoxy) is 4. The Morgan fingerprint density at radius 2 is 1.49 bits per heavy atom. The first-order valence-corrected chi connectivity index (χ1v) is 11.3. The van der Waals surface area contributed by atoms with E-state index in [9.17, 15) is 9.59 Å². The zero-order valence-corrected chi connectivity index (χ0v) is 20.0. The molecule has 0 fully saturated rings. The van der Waals surface area contributed by atoms with Crippen LogP contribution in [0.2, 0.25) is 0 Å². The maximum absolute atomic E-state index is 12.6. The second-order valence-corrected chi connectivity index (χ2v) is 7.37. The SMILES string of the molecule is CCCOc1ccc(C(=O)NNC(=O)c2ccc(OCc3cccnc3)c(OCC)c2)cc1OC. The lowest BCUT2D eigenvalue weighted by Crippen LogP contribution is -2.41. The average Bonchev–Trinajstić information content (AvgIpc) is 2.90. The number of methoxy groups -OCH3 is 1. The minimum atomic E-state index is -0.507. The van der Waals surface area contributed by atoms with Gasteiger partial charge in [-0.25, -0.2) is 0 Å².